The first-order valence-electron chi connectivity index (χ1n) is 7.85. The third-order valence-electron chi connectivity index (χ3n) is 4.32. The third-order valence-corrected chi connectivity index (χ3v) is 5.54. The normalized spacial score (nSPS) is 16.2. The maximum absolute atomic E-state index is 12.3. The van der Waals surface area contributed by atoms with Crippen molar-refractivity contribution >= 4 is 34.7 Å². The molecule has 1 aromatic heterocycles. The minimum atomic E-state index is 0.00346. The molecule has 1 N–H and O–H groups in total. The van der Waals surface area contributed by atoms with E-state index in [-0.39, 0.29) is 11.8 Å². The van der Waals surface area contributed by atoms with E-state index in [1.54, 1.807) is 7.11 Å². The molecule has 0 unspecified atom stereocenters. The Labute approximate surface area is 154 Å². The maximum Gasteiger partial charge on any atom is 0.225 e. The molecule has 4 rings (SSSR count). The van der Waals surface area contributed by atoms with Gasteiger partial charge in [0, 0.05) is 22.9 Å². The van der Waals surface area contributed by atoms with Crippen molar-refractivity contribution in [3.05, 3.63) is 64.0 Å². The Morgan fingerprint density at radius 1 is 1.16 bits per heavy atom. The van der Waals surface area contributed by atoms with Gasteiger partial charge in [-0.1, -0.05) is 35.9 Å². The zero-order valence-corrected chi connectivity index (χ0v) is 15.0. The molecule has 126 valence electrons. The molecule has 25 heavy (non-hydrogen) atoms. The number of methoxy groups -OCH3 is 1. The zero-order chi connectivity index (χ0) is 17.4. The number of anilines is 1. The van der Waals surface area contributed by atoms with Gasteiger partial charge in [-0.2, -0.15) is 4.37 Å². The topological polar surface area (TPSA) is 51.2 Å². The first kappa shape index (κ1) is 16.1. The van der Waals surface area contributed by atoms with Crippen molar-refractivity contribution in [3.63, 3.8) is 0 Å². The quantitative estimate of drug-likeness (QED) is 0.710. The van der Waals surface area contributed by atoms with Crippen molar-refractivity contribution in [2.24, 2.45) is 0 Å². The van der Waals surface area contributed by atoms with Crippen molar-refractivity contribution in [1.82, 2.24) is 4.37 Å². The van der Waals surface area contributed by atoms with Gasteiger partial charge in [0.1, 0.15) is 11.4 Å². The van der Waals surface area contributed by atoms with Crippen molar-refractivity contribution in [1.29, 1.82) is 0 Å². The molecule has 1 aliphatic rings. The summed E-state index contributed by atoms with van der Waals surface area (Å²) in [4.78, 5) is 13.4. The SMILES string of the molecule is COc1ccc([C@H]2CC(=O)Nc3c(-c4ccc(Cl)cc4)nsc32)cc1. The Balaban J connectivity index is 1.76. The number of rotatable bonds is 3. The van der Waals surface area contributed by atoms with Crippen LogP contribution in [0.25, 0.3) is 11.3 Å². The molecule has 4 nitrogen and oxygen atoms in total. The second kappa shape index (κ2) is 6.50. The fourth-order valence-corrected chi connectivity index (χ4v) is 4.14. The van der Waals surface area contributed by atoms with Gasteiger partial charge in [-0.05, 0) is 41.4 Å². The number of aromatic nitrogens is 1. The minimum absolute atomic E-state index is 0.00346. The molecule has 1 amide bonds. The minimum Gasteiger partial charge on any atom is -0.497 e. The summed E-state index contributed by atoms with van der Waals surface area (Å²) in [6.07, 6.45) is 0.418. The molecule has 0 saturated carbocycles. The maximum atomic E-state index is 12.3. The summed E-state index contributed by atoms with van der Waals surface area (Å²) in [5.74, 6) is 0.812. The number of amides is 1. The number of carbonyl (C=O) groups excluding carboxylic acids is 1. The second-order valence-electron chi connectivity index (χ2n) is 5.86. The monoisotopic (exact) mass is 370 g/mol. The first-order chi connectivity index (χ1) is 12.2. The molecule has 0 bridgehead atoms. The summed E-state index contributed by atoms with van der Waals surface area (Å²) in [7, 11) is 1.64. The van der Waals surface area contributed by atoms with Gasteiger partial charge in [-0.3, -0.25) is 4.79 Å². The molecule has 0 spiro atoms. The lowest BCUT2D eigenvalue weighted by atomic mass is 9.89. The fraction of sp³-hybridized carbons (Fsp3) is 0.158. The van der Waals surface area contributed by atoms with Gasteiger partial charge >= 0.3 is 0 Å². The summed E-state index contributed by atoms with van der Waals surface area (Å²) >= 11 is 7.41. The molecule has 6 heteroatoms. The number of nitrogens with one attached hydrogen (secondary N) is 1. The third kappa shape index (κ3) is 3.01. The standard InChI is InChI=1S/C19H15ClN2O2S/c1-24-14-8-4-11(5-9-14)15-10-16(23)21-18-17(22-25-19(15)18)12-2-6-13(20)7-3-12/h2-9,15H,10H2,1H3,(H,21,23)/t15-/m1/s1. The number of ether oxygens (including phenoxy) is 1. The molecule has 1 atom stereocenters. The summed E-state index contributed by atoms with van der Waals surface area (Å²) in [6.45, 7) is 0. The molecular weight excluding hydrogens is 356 g/mol. The van der Waals surface area contributed by atoms with Crippen LogP contribution in [-0.2, 0) is 4.79 Å². The molecule has 0 radical (unpaired) electrons. The highest BCUT2D eigenvalue weighted by Crippen LogP contribution is 2.44. The Hall–Kier alpha value is -2.37. The van der Waals surface area contributed by atoms with Gasteiger partial charge in [0.15, 0.2) is 0 Å². The second-order valence-corrected chi connectivity index (χ2v) is 7.10. The Bertz CT molecular complexity index is 920. The Kier molecular flexibility index (Phi) is 4.19. The van der Waals surface area contributed by atoms with Gasteiger partial charge in [-0.25, -0.2) is 0 Å². The van der Waals surface area contributed by atoms with Crippen molar-refractivity contribution in [3.8, 4) is 17.0 Å². The van der Waals surface area contributed by atoms with Crippen LogP contribution in [0.5, 0.6) is 5.75 Å². The van der Waals surface area contributed by atoms with Crippen LogP contribution in [0.4, 0.5) is 5.69 Å². The predicted octanol–water partition coefficient (Wildman–Crippen LogP) is 4.95. The summed E-state index contributed by atoms with van der Waals surface area (Å²) in [5, 5.41) is 3.67. The van der Waals surface area contributed by atoms with E-state index in [1.165, 1.54) is 11.5 Å². The molecule has 2 aromatic carbocycles. The number of benzene rings is 2. The fourth-order valence-electron chi connectivity index (χ4n) is 3.04. The highest BCUT2D eigenvalue weighted by atomic mass is 35.5. The molecule has 0 saturated heterocycles. The Morgan fingerprint density at radius 3 is 2.56 bits per heavy atom. The number of hydrogen-bond acceptors (Lipinski definition) is 4. The van der Waals surface area contributed by atoms with Gasteiger partial charge in [0.25, 0.3) is 0 Å². The van der Waals surface area contributed by atoms with E-state index in [0.717, 1.165) is 33.1 Å². The lowest BCUT2D eigenvalue weighted by Crippen LogP contribution is -2.22. The molecule has 3 aromatic rings. The van der Waals surface area contributed by atoms with Crippen molar-refractivity contribution in [2.75, 3.05) is 12.4 Å². The molecule has 0 aliphatic carbocycles. The number of fused-ring (bicyclic) bond motifs is 1. The average molecular weight is 371 g/mol. The number of hydrogen-bond donors (Lipinski definition) is 1. The van der Waals surface area contributed by atoms with Crippen LogP contribution in [0.15, 0.2) is 48.5 Å². The van der Waals surface area contributed by atoms with E-state index >= 15 is 0 Å². The van der Waals surface area contributed by atoms with Crippen LogP contribution < -0.4 is 10.1 Å². The van der Waals surface area contributed by atoms with Crippen LogP contribution in [0.1, 0.15) is 22.8 Å². The van der Waals surface area contributed by atoms with Crippen LogP contribution in [0.3, 0.4) is 0 Å². The largest absolute Gasteiger partial charge is 0.497 e. The van der Waals surface area contributed by atoms with E-state index in [4.69, 9.17) is 16.3 Å². The van der Waals surface area contributed by atoms with E-state index in [0.29, 0.717) is 11.4 Å². The summed E-state index contributed by atoms with van der Waals surface area (Å²) < 4.78 is 9.82. The van der Waals surface area contributed by atoms with Crippen LogP contribution in [-0.4, -0.2) is 17.4 Å². The van der Waals surface area contributed by atoms with Crippen molar-refractivity contribution < 1.29 is 9.53 Å². The first-order valence-corrected chi connectivity index (χ1v) is 9.00. The van der Waals surface area contributed by atoms with E-state index in [2.05, 4.69) is 9.69 Å². The van der Waals surface area contributed by atoms with Gasteiger partial charge in [-0.15, -0.1) is 0 Å². The van der Waals surface area contributed by atoms with Gasteiger partial charge in [0.2, 0.25) is 5.91 Å². The number of nitrogens with zero attached hydrogens (tertiary/aromatic N) is 1. The van der Waals surface area contributed by atoms with Gasteiger partial charge in [0.05, 0.1) is 17.7 Å². The van der Waals surface area contributed by atoms with E-state index in [1.807, 2.05) is 48.5 Å². The number of carbonyl (C=O) groups is 1. The molecular formula is C19H15ClN2O2S. The zero-order valence-electron chi connectivity index (χ0n) is 13.5. The van der Waals surface area contributed by atoms with E-state index in [9.17, 15) is 4.79 Å². The lowest BCUT2D eigenvalue weighted by molar-refractivity contribution is -0.116. The van der Waals surface area contributed by atoms with Crippen molar-refractivity contribution in [2.45, 2.75) is 12.3 Å². The number of halogens is 1. The van der Waals surface area contributed by atoms with Crippen LogP contribution >= 0.6 is 23.1 Å². The predicted molar refractivity (Wildman–Crippen MR) is 101 cm³/mol. The van der Waals surface area contributed by atoms with Crippen LogP contribution in [0, 0.1) is 0 Å². The van der Waals surface area contributed by atoms with E-state index < -0.39 is 0 Å². The molecule has 0 fully saturated rings. The molecule has 2 heterocycles. The highest BCUT2D eigenvalue weighted by molar-refractivity contribution is 7.07. The van der Waals surface area contributed by atoms with Gasteiger partial charge < -0.3 is 10.1 Å². The average Bonchev–Trinajstić information content (AvgIpc) is 3.05. The summed E-state index contributed by atoms with van der Waals surface area (Å²) in [5.41, 5.74) is 3.63. The smallest absolute Gasteiger partial charge is 0.225 e. The lowest BCUT2D eigenvalue weighted by Gasteiger charge is -2.23. The Morgan fingerprint density at radius 2 is 1.88 bits per heavy atom. The van der Waals surface area contributed by atoms with Crippen LogP contribution in [0.2, 0.25) is 5.02 Å². The highest BCUT2D eigenvalue weighted by Gasteiger charge is 2.31. The molecule has 1 aliphatic heterocycles. The summed E-state index contributed by atoms with van der Waals surface area (Å²) in [6, 6.07) is 15.3.